The molecule has 1 aliphatic heterocycles. The van der Waals surface area contributed by atoms with Crippen LogP contribution < -0.4 is 5.32 Å². The number of amides is 1. The molecule has 0 spiro atoms. The maximum absolute atomic E-state index is 11.6. The van der Waals surface area contributed by atoms with Crippen molar-refractivity contribution in [2.24, 2.45) is 0 Å². The normalized spacial score (nSPS) is 18.8. The largest absolute Gasteiger partial charge is 0.376 e. The van der Waals surface area contributed by atoms with E-state index in [1.54, 1.807) is 0 Å². The Labute approximate surface area is 109 Å². The first-order valence-electron chi connectivity index (χ1n) is 6.77. The second-order valence-corrected chi connectivity index (χ2v) is 4.78. The standard InChI is InChI=1S/C15H21NO2/c17-15(16-12-14-9-5-11-18-14)10-4-8-13-6-2-1-3-7-13/h1-3,6-7,14H,4-5,8-12H2,(H,16,17)/t14-/m1/s1. The molecule has 0 unspecified atom stereocenters. The number of aryl methyl sites for hydroxylation is 1. The molecule has 1 N–H and O–H groups in total. The van der Waals surface area contributed by atoms with E-state index in [1.807, 2.05) is 18.2 Å². The summed E-state index contributed by atoms with van der Waals surface area (Å²) in [4.78, 5) is 11.6. The van der Waals surface area contributed by atoms with Crippen molar-refractivity contribution in [1.82, 2.24) is 5.32 Å². The highest BCUT2D eigenvalue weighted by atomic mass is 16.5. The summed E-state index contributed by atoms with van der Waals surface area (Å²) in [5.41, 5.74) is 1.30. The topological polar surface area (TPSA) is 38.3 Å². The molecule has 3 heteroatoms. The van der Waals surface area contributed by atoms with Gasteiger partial charge in [0.05, 0.1) is 6.10 Å². The first-order valence-corrected chi connectivity index (χ1v) is 6.77. The van der Waals surface area contributed by atoms with Gasteiger partial charge in [-0.15, -0.1) is 0 Å². The number of benzene rings is 1. The average molecular weight is 247 g/mol. The number of ether oxygens (including phenoxy) is 1. The summed E-state index contributed by atoms with van der Waals surface area (Å²) in [5.74, 6) is 0.140. The van der Waals surface area contributed by atoms with Crippen LogP contribution in [-0.2, 0) is 16.0 Å². The Morgan fingerprint density at radius 2 is 2.17 bits per heavy atom. The van der Waals surface area contributed by atoms with Gasteiger partial charge in [-0.3, -0.25) is 4.79 Å². The Kier molecular flexibility index (Phi) is 5.21. The highest BCUT2D eigenvalue weighted by molar-refractivity contribution is 5.75. The van der Waals surface area contributed by atoms with Crippen LogP contribution in [0.3, 0.4) is 0 Å². The molecule has 3 nitrogen and oxygen atoms in total. The van der Waals surface area contributed by atoms with Crippen molar-refractivity contribution in [2.45, 2.75) is 38.2 Å². The molecule has 0 aromatic heterocycles. The maximum Gasteiger partial charge on any atom is 0.220 e. The van der Waals surface area contributed by atoms with Gasteiger partial charge in [0.25, 0.3) is 0 Å². The molecule has 1 aromatic rings. The lowest BCUT2D eigenvalue weighted by Gasteiger charge is -2.10. The molecule has 1 aliphatic rings. The molecule has 1 saturated heterocycles. The Balaban J connectivity index is 1.57. The van der Waals surface area contributed by atoms with Crippen LogP contribution in [0.25, 0.3) is 0 Å². The van der Waals surface area contributed by atoms with E-state index in [9.17, 15) is 4.79 Å². The molecule has 0 aliphatic carbocycles. The van der Waals surface area contributed by atoms with Gasteiger partial charge in [-0.05, 0) is 31.2 Å². The third-order valence-corrected chi connectivity index (χ3v) is 3.26. The van der Waals surface area contributed by atoms with Gasteiger partial charge in [0.15, 0.2) is 0 Å². The van der Waals surface area contributed by atoms with Gasteiger partial charge in [-0.2, -0.15) is 0 Å². The van der Waals surface area contributed by atoms with Gasteiger partial charge in [-0.1, -0.05) is 30.3 Å². The minimum absolute atomic E-state index is 0.140. The van der Waals surface area contributed by atoms with Crippen molar-refractivity contribution in [3.05, 3.63) is 35.9 Å². The smallest absolute Gasteiger partial charge is 0.220 e. The van der Waals surface area contributed by atoms with E-state index in [0.29, 0.717) is 13.0 Å². The monoisotopic (exact) mass is 247 g/mol. The SMILES string of the molecule is O=C(CCCc1ccccc1)NC[C@H]1CCCO1. The fourth-order valence-corrected chi connectivity index (χ4v) is 2.22. The Morgan fingerprint density at radius 1 is 1.33 bits per heavy atom. The minimum Gasteiger partial charge on any atom is -0.376 e. The van der Waals surface area contributed by atoms with E-state index in [1.165, 1.54) is 5.56 Å². The maximum atomic E-state index is 11.6. The van der Waals surface area contributed by atoms with Crippen LogP contribution in [0, 0.1) is 0 Å². The molecule has 1 fully saturated rings. The number of rotatable bonds is 6. The lowest BCUT2D eigenvalue weighted by atomic mass is 10.1. The zero-order valence-electron chi connectivity index (χ0n) is 10.7. The van der Waals surface area contributed by atoms with Crippen LogP contribution >= 0.6 is 0 Å². The van der Waals surface area contributed by atoms with Crippen molar-refractivity contribution in [2.75, 3.05) is 13.2 Å². The number of hydrogen-bond donors (Lipinski definition) is 1. The third-order valence-electron chi connectivity index (χ3n) is 3.26. The molecule has 1 heterocycles. The molecule has 1 atom stereocenters. The lowest BCUT2D eigenvalue weighted by molar-refractivity contribution is -0.121. The van der Waals surface area contributed by atoms with Gasteiger partial charge in [0.1, 0.15) is 0 Å². The summed E-state index contributed by atoms with van der Waals surface area (Å²) in [6.07, 6.45) is 4.90. The fourth-order valence-electron chi connectivity index (χ4n) is 2.22. The summed E-state index contributed by atoms with van der Waals surface area (Å²) >= 11 is 0. The van der Waals surface area contributed by atoms with E-state index in [2.05, 4.69) is 17.4 Å². The molecule has 1 amide bonds. The molecular weight excluding hydrogens is 226 g/mol. The molecule has 1 aromatic carbocycles. The predicted octanol–water partition coefficient (Wildman–Crippen LogP) is 2.30. The van der Waals surface area contributed by atoms with Gasteiger partial charge in [-0.25, -0.2) is 0 Å². The van der Waals surface area contributed by atoms with Crippen LogP contribution in [0.15, 0.2) is 30.3 Å². The summed E-state index contributed by atoms with van der Waals surface area (Å²) in [6.45, 7) is 1.51. The van der Waals surface area contributed by atoms with E-state index in [-0.39, 0.29) is 12.0 Å². The zero-order chi connectivity index (χ0) is 12.6. The van der Waals surface area contributed by atoms with Gasteiger partial charge >= 0.3 is 0 Å². The molecule has 98 valence electrons. The molecular formula is C15H21NO2. The Hall–Kier alpha value is -1.35. The molecule has 0 bridgehead atoms. The highest BCUT2D eigenvalue weighted by Crippen LogP contribution is 2.10. The number of carbonyl (C=O) groups is 1. The Bertz CT molecular complexity index is 358. The first-order chi connectivity index (χ1) is 8.84. The quantitative estimate of drug-likeness (QED) is 0.837. The fraction of sp³-hybridized carbons (Fsp3) is 0.533. The van der Waals surface area contributed by atoms with E-state index in [0.717, 1.165) is 32.3 Å². The summed E-state index contributed by atoms with van der Waals surface area (Å²) in [6, 6.07) is 10.3. The second-order valence-electron chi connectivity index (χ2n) is 4.78. The number of carbonyl (C=O) groups excluding carboxylic acids is 1. The number of hydrogen-bond acceptors (Lipinski definition) is 2. The van der Waals surface area contributed by atoms with Crippen molar-refractivity contribution < 1.29 is 9.53 Å². The van der Waals surface area contributed by atoms with Gasteiger partial charge < -0.3 is 10.1 Å². The lowest BCUT2D eigenvalue weighted by Crippen LogP contribution is -2.31. The van der Waals surface area contributed by atoms with Gasteiger partial charge in [0.2, 0.25) is 5.91 Å². The van der Waals surface area contributed by atoms with Crippen LogP contribution in [0.5, 0.6) is 0 Å². The third kappa shape index (κ3) is 4.49. The molecule has 18 heavy (non-hydrogen) atoms. The second kappa shape index (κ2) is 7.17. The summed E-state index contributed by atoms with van der Waals surface area (Å²) in [7, 11) is 0. The highest BCUT2D eigenvalue weighted by Gasteiger charge is 2.15. The predicted molar refractivity (Wildman–Crippen MR) is 71.4 cm³/mol. The Morgan fingerprint density at radius 3 is 2.89 bits per heavy atom. The van der Waals surface area contributed by atoms with Crippen LogP contribution in [0.1, 0.15) is 31.2 Å². The van der Waals surface area contributed by atoms with Crippen molar-refractivity contribution in [1.29, 1.82) is 0 Å². The van der Waals surface area contributed by atoms with E-state index in [4.69, 9.17) is 4.74 Å². The summed E-state index contributed by atoms with van der Waals surface area (Å²) < 4.78 is 5.46. The molecule has 2 rings (SSSR count). The summed E-state index contributed by atoms with van der Waals surface area (Å²) in [5, 5.41) is 2.95. The average Bonchev–Trinajstić information content (AvgIpc) is 2.91. The van der Waals surface area contributed by atoms with Crippen molar-refractivity contribution in [3.63, 3.8) is 0 Å². The van der Waals surface area contributed by atoms with Crippen molar-refractivity contribution >= 4 is 5.91 Å². The van der Waals surface area contributed by atoms with E-state index < -0.39 is 0 Å². The van der Waals surface area contributed by atoms with Gasteiger partial charge in [0, 0.05) is 19.6 Å². The zero-order valence-corrected chi connectivity index (χ0v) is 10.7. The molecule has 0 radical (unpaired) electrons. The minimum atomic E-state index is 0.140. The van der Waals surface area contributed by atoms with Crippen LogP contribution in [0.4, 0.5) is 0 Å². The van der Waals surface area contributed by atoms with Crippen LogP contribution in [0.2, 0.25) is 0 Å². The first kappa shape index (κ1) is 13.1. The molecule has 0 saturated carbocycles. The van der Waals surface area contributed by atoms with E-state index >= 15 is 0 Å². The number of nitrogens with one attached hydrogen (secondary N) is 1. The van der Waals surface area contributed by atoms with Crippen LogP contribution in [-0.4, -0.2) is 25.2 Å². The van der Waals surface area contributed by atoms with Crippen molar-refractivity contribution in [3.8, 4) is 0 Å².